The summed E-state index contributed by atoms with van der Waals surface area (Å²) in [4.78, 5) is 10.9. The molecule has 0 radical (unpaired) electrons. The Morgan fingerprint density at radius 3 is 2.45 bits per heavy atom. The molecular weight excluding hydrogens is 302 g/mol. The predicted molar refractivity (Wildman–Crippen MR) is 76.9 cm³/mol. The van der Waals surface area contributed by atoms with Gasteiger partial charge in [-0.25, -0.2) is 13.1 Å². The lowest BCUT2D eigenvalue weighted by atomic mass is 9.95. The molecule has 1 amide bonds. The number of nitrogens with zero attached hydrogens (tertiary/aromatic N) is 2. The van der Waals surface area contributed by atoms with Crippen LogP contribution in [0.5, 0.6) is 0 Å². The number of aromatic nitrogens is 2. The van der Waals surface area contributed by atoms with Gasteiger partial charge in [0, 0.05) is 19.0 Å². The smallest absolute Gasteiger partial charge is 0.269 e. The van der Waals surface area contributed by atoms with Gasteiger partial charge < -0.3 is 11.1 Å². The van der Waals surface area contributed by atoms with Crippen molar-refractivity contribution in [2.45, 2.75) is 43.5 Å². The van der Waals surface area contributed by atoms with E-state index >= 15 is 0 Å². The standard InChI is InChI=1S/C10H19N5O3S2/c1-4-10(11,5-2)6-12-20(17,18)9-15-14-8(19-9)13-7(3)16/h12H,4-6,11H2,1-3H3,(H,13,14,16). The van der Waals surface area contributed by atoms with Crippen molar-refractivity contribution in [1.82, 2.24) is 14.9 Å². The summed E-state index contributed by atoms with van der Waals surface area (Å²) in [5.74, 6) is -0.337. The van der Waals surface area contributed by atoms with Crippen molar-refractivity contribution in [2.75, 3.05) is 11.9 Å². The van der Waals surface area contributed by atoms with Gasteiger partial charge in [0.2, 0.25) is 15.4 Å². The fourth-order valence-electron chi connectivity index (χ4n) is 1.32. The van der Waals surface area contributed by atoms with Crippen LogP contribution in [0.25, 0.3) is 0 Å². The highest BCUT2D eigenvalue weighted by molar-refractivity contribution is 7.91. The van der Waals surface area contributed by atoms with Crippen molar-refractivity contribution in [3.05, 3.63) is 0 Å². The second-order valence-electron chi connectivity index (χ2n) is 4.45. The normalized spacial score (nSPS) is 12.4. The maximum atomic E-state index is 12.0. The summed E-state index contributed by atoms with van der Waals surface area (Å²) in [6.07, 6.45) is 1.30. The van der Waals surface area contributed by atoms with Crippen LogP contribution in [0.4, 0.5) is 5.13 Å². The summed E-state index contributed by atoms with van der Waals surface area (Å²) in [5, 5.41) is 9.67. The highest BCUT2D eigenvalue weighted by Crippen LogP contribution is 2.20. The number of anilines is 1. The van der Waals surface area contributed by atoms with Crippen molar-refractivity contribution < 1.29 is 13.2 Å². The Morgan fingerprint density at radius 1 is 1.35 bits per heavy atom. The molecule has 0 aromatic carbocycles. The first kappa shape index (κ1) is 17.0. The zero-order valence-corrected chi connectivity index (χ0v) is 13.3. The number of hydrogen-bond donors (Lipinski definition) is 3. The van der Waals surface area contributed by atoms with Gasteiger partial charge >= 0.3 is 0 Å². The second-order valence-corrected chi connectivity index (χ2v) is 7.37. The van der Waals surface area contributed by atoms with Crippen LogP contribution in [-0.2, 0) is 14.8 Å². The molecule has 0 aliphatic heterocycles. The van der Waals surface area contributed by atoms with Gasteiger partial charge in [-0.3, -0.25) is 4.79 Å². The third-order valence-electron chi connectivity index (χ3n) is 2.94. The molecule has 10 heteroatoms. The van der Waals surface area contributed by atoms with E-state index < -0.39 is 15.6 Å². The zero-order valence-electron chi connectivity index (χ0n) is 11.6. The van der Waals surface area contributed by atoms with E-state index in [2.05, 4.69) is 20.2 Å². The van der Waals surface area contributed by atoms with Crippen molar-refractivity contribution in [2.24, 2.45) is 5.73 Å². The van der Waals surface area contributed by atoms with Crippen molar-refractivity contribution >= 4 is 32.4 Å². The van der Waals surface area contributed by atoms with Gasteiger partial charge in [0.1, 0.15) is 0 Å². The van der Waals surface area contributed by atoms with Crippen LogP contribution in [0.2, 0.25) is 0 Å². The molecule has 1 aromatic heterocycles. The summed E-state index contributed by atoms with van der Waals surface area (Å²) in [6.45, 7) is 5.23. The maximum Gasteiger partial charge on any atom is 0.269 e. The van der Waals surface area contributed by atoms with E-state index in [9.17, 15) is 13.2 Å². The molecule has 0 unspecified atom stereocenters. The third-order valence-corrected chi connectivity index (χ3v) is 5.55. The predicted octanol–water partition coefficient (Wildman–Crippen LogP) is 0.292. The van der Waals surface area contributed by atoms with Crippen LogP contribution in [0.15, 0.2) is 4.34 Å². The van der Waals surface area contributed by atoms with Gasteiger partial charge in [0.15, 0.2) is 0 Å². The molecule has 0 spiro atoms. The molecule has 0 fully saturated rings. The number of nitrogens with two attached hydrogens (primary N) is 1. The fraction of sp³-hybridized carbons (Fsp3) is 0.700. The largest absolute Gasteiger partial charge is 0.324 e. The number of hydrogen-bond acceptors (Lipinski definition) is 7. The minimum Gasteiger partial charge on any atom is -0.324 e. The van der Waals surface area contributed by atoms with Crippen molar-refractivity contribution in [1.29, 1.82) is 0 Å². The lowest BCUT2D eigenvalue weighted by Crippen LogP contribution is -2.49. The quantitative estimate of drug-likeness (QED) is 0.620. The Hall–Kier alpha value is -1.10. The third kappa shape index (κ3) is 4.47. The first-order chi connectivity index (χ1) is 9.22. The maximum absolute atomic E-state index is 12.0. The minimum absolute atomic E-state index is 0.122. The molecule has 1 rings (SSSR count). The average molecular weight is 321 g/mol. The number of amides is 1. The molecule has 0 bridgehead atoms. The van der Waals surface area contributed by atoms with Crippen LogP contribution in [-0.4, -0.2) is 36.6 Å². The fourth-order valence-corrected chi connectivity index (χ4v) is 3.45. The van der Waals surface area contributed by atoms with Crippen molar-refractivity contribution in [3.8, 4) is 0 Å². The van der Waals surface area contributed by atoms with E-state index in [0.717, 1.165) is 11.3 Å². The highest BCUT2D eigenvalue weighted by atomic mass is 32.2. The molecule has 0 saturated carbocycles. The Kier molecular flexibility index (Phi) is 5.57. The van der Waals surface area contributed by atoms with Gasteiger partial charge in [-0.05, 0) is 12.8 Å². The molecule has 20 heavy (non-hydrogen) atoms. The molecule has 1 aromatic rings. The highest BCUT2D eigenvalue weighted by Gasteiger charge is 2.26. The molecular formula is C10H19N5O3S2. The molecule has 0 saturated heterocycles. The van der Waals surface area contributed by atoms with E-state index in [1.165, 1.54) is 6.92 Å². The Balaban J connectivity index is 2.79. The summed E-state index contributed by atoms with van der Waals surface area (Å²) in [6, 6.07) is 0. The molecule has 0 aliphatic rings. The average Bonchev–Trinajstić information content (AvgIpc) is 2.84. The van der Waals surface area contributed by atoms with E-state index in [0.29, 0.717) is 12.8 Å². The molecule has 114 valence electrons. The number of carbonyl (C=O) groups is 1. The van der Waals surface area contributed by atoms with Crippen LogP contribution in [0, 0.1) is 0 Å². The number of rotatable bonds is 7. The van der Waals surface area contributed by atoms with Gasteiger partial charge in [0.05, 0.1) is 0 Å². The first-order valence-corrected chi connectivity index (χ1v) is 8.42. The number of carbonyl (C=O) groups excluding carboxylic acids is 1. The number of sulfonamides is 1. The van der Waals surface area contributed by atoms with E-state index in [4.69, 9.17) is 5.73 Å². The van der Waals surface area contributed by atoms with E-state index in [-0.39, 0.29) is 21.9 Å². The van der Waals surface area contributed by atoms with Crippen LogP contribution in [0.1, 0.15) is 33.6 Å². The lowest BCUT2D eigenvalue weighted by Gasteiger charge is -2.26. The molecule has 8 nitrogen and oxygen atoms in total. The topological polar surface area (TPSA) is 127 Å². The van der Waals surface area contributed by atoms with Crippen molar-refractivity contribution in [3.63, 3.8) is 0 Å². The summed E-state index contributed by atoms with van der Waals surface area (Å²) in [7, 11) is -3.77. The van der Waals surface area contributed by atoms with Gasteiger partial charge in [0.25, 0.3) is 10.0 Å². The van der Waals surface area contributed by atoms with Crippen LogP contribution in [0.3, 0.4) is 0 Å². The summed E-state index contributed by atoms with van der Waals surface area (Å²) in [5.41, 5.74) is 5.45. The van der Waals surface area contributed by atoms with E-state index in [1.54, 1.807) is 0 Å². The monoisotopic (exact) mass is 321 g/mol. The van der Waals surface area contributed by atoms with E-state index in [1.807, 2.05) is 13.8 Å². The molecule has 0 aliphatic carbocycles. The summed E-state index contributed by atoms with van der Waals surface area (Å²) >= 11 is 0.788. The zero-order chi connectivity index (χ0) is 15.4. The van der Waals surface area contributed by atoms with Crippen LogP contribution >= 0.6 is 11.3 Å². The summed E-state index contributed by atoms with van der Waals surface area (Å²) < 4.78 is 26.3. The Morgan fingerprint density at radius 2 is 1.95 bits per heavy atom. The van der Waals surface area contributed by atoms with Crippen LogP contribution < -0.4 is 15.8 Å². The minimum atomic E-state index is -3.77. The lowest BCUT2D eigenvalue weighted by molar-refractivity contribution is -0.114. The van der Waals surface area contributed by atoms with Gasteiger partial charge in [-0.1, -0.05) is 25.2 Å². The molecule has 1 heterocycles. The number of nitrogens with one attached hydrogen (secondary N) is 2. The Bertz CT molecular complexity index is 565. The Labute approximate surface area is 122 Å². The first-order valence-electron chi connectivity index (χ1n) is 6.12. The second kappa shape index (κ2) is 6.57. The SMILES string of the molecule is CCC(N)(CC)CNS(=O)(=O)c1nnc(NC(C)=O)s1. The van der Waals surface area contributed by atoms with Gasteiger partial charge in [-0.2, -0.15) is 0 Å². The van der Waals surface area contributed by atoms with Gasteiger partial charge in [-0.15, -0.1) is 10.2 Å². The molecule has 0 atom stereocenters. The molecule has 4 N–H and O–H groups in total.